The van der Waals surface area contributed by atoms with Crippen LogP contribution in [0.1, 0.15) is 49.0 Å². The molecule has 1 saturated carbocycles. The molecule has 9 nitrogen and oxygen atoms in total. The summed E-state index contributed by atoms with van der Waals surface area (Å²) in [5, 5.41) is 1.82. The minimum Gasteiger partial charge on any atom is -0.490 e. The lowest BCUT2D eigenvalue weighted by atomic mass is 9.99. The molecule has 13 heteroatoms. The first-order valence-corrected chi connectivity index (χ1v) is 12.7. The van der Waals surface area contributed by atoms with Crippen molar-refractivity contribution in [2.75, 3.05) is 18.7 Å². The van der Waals surface area contributed by atoms with Crippen molar-refractivity contribution in [1.29, 1.82) is 0 Å². The Kier molecular flexibility index (Phi) is 6.71. The highest BCUT2D eigenvalue weighted by atomic mass is 32.2. The molecule has 1 aliphatic heterocycles. The van der Waals surface area contributed by atoms with E-state index in [1.165, 1.54) is 16.9 Å². The number of ether oxygens (including phenoxy) is 2. The van der Waals surface area contributed by atoms with Gasteiger partial charge in [-0.25, -0.2) is 4.79 Å². The molecule has 196 valence electrons. The summed E-state index contributed by atoms with van der Waals surface area (Å²) in [5.41, 5.74) is -5.46. The van der Waals surface area contributed by atoms with Gasteiger partial charge in [0, 0.05) is 23.9 Å². The molecular weight excluding hydrogens is 505 g/mol. The van der Waals surface area contributed by atoms with Crippen LogP contribution in [0.4, 0.5) is 13.2 Å². The smallest absolute Gasteiger partial charge is 0.490 e. The molecule has 0 amide bonds. The molecule has 1 aromatic carbocycles. The van der Waals surface area contributed by atoms with E-state index in [1.807, 2.05) is 18.9 Å². The summed E-state index contributed by atoms with van der Waals surface area (Å²) < 4.78 is 79.3. The molecule has 0 saturated heterocycles. The predicted octanol–water partition coefficient (Wildman–Crippen LogP) is 3.57. The fraction of sp³-hybridized carbons (Fsp3) is 0.478. The molecule has 2 aromatic rings. The van der Waals surface area contributed by atoms with Gasteiger partial charge in [-0.1, -0.05) is 12.8 Å². The standard InChI is InChI=1S/C23H25F3N2O7S/c1-13(2)27-11-15-8-20(34-7-6-14-4-5-14)21(35-36(31,32)23(24,25)26)9-16(15)18-10-19(29)17(12-28(18)27)22(30)33-3/h8-10,12-14H,4-7,11H2,1-3H3. The average Bonchev–Trinajstić information content (AvgIpc) is 3.61. The van der Waals surface area contributed by atoms with Crippen molar-refractivity contribution in [3.8, 4) is 22.8 Å². The van der Waals surface area contributed by atoms with Gasteiger partial charge < -0.3 is 18.7 Å². The van der Waals surface area contributed by atoms with Crippen LogP contribution in [0.15, 0.2) is 29.2 Å². The van der Waals surface area contributed by atoms with Crippen LogP contribution >= 0.6 is 0 Å². The highest BCUT2D eigenvalue weighted by molar-refractivity contribution is 7.88. The topological polar surface area (TPSA) is 104 Å². The van der Waals surface area contributed by atoms with E-state index in [2.05, 4.69) is 8.92 Å². The Labute approximate surface area is 205 Å². The quantitative estimate of drug-likeness (QED) is 0.290. The number of esters is 1. The Morgan fingerprint density at radius 3 is 2.44 bits per heavy atom. The van der Waals surface area contributed by atoms with Gasteiger partial charge in [-0.15, -0.1) is 0 Å². The van der Waals surface area contributed by atoms with Gasteiger partial charge in [-0.05, 0) is 43.9 Å². The van der Waals surface area contributed by atoms with E-state index in [4.69, 9.17) is 4.74 Å². The van der Waals surface area contributed by atoms with Crippen LogP contribution in [0, 0.1) is 5.92 Å². The number of fused-ring (bicyclic) bond motifs is 3. The number of pyridine rings is 1. The van der Waals surface area contributed by atoms with Gasteiger partial charge in [-0.3, -0.25) is 9.47 Å². The van der Waals surface area contributed by atoms with Crippen molar-refractivity contribution in [2.45, 2.75) is 51.2 Å². The maximum Gasteiger partial charge on any atom is 0.534 e. The van der Waals surface area contributed by atoms with Gasteiger partial charge in [0.1, 0.15) is 5.56 Å². The van der Waals surface area contributed by atoms with E-state index in [-0.39, 0.29) is 41.8 Å². The van der Waals surface area contributed by atoms with Crippen molar-refractivity contribution in [3.63, 3.8) is 0 Å². The predicted molar refractivity (Wildman–Crippen MR) is 123 cm³/mol. The summed E-state index contributed by atoms with van der Waals surface area (Å²) >= 11 is 0. The molecule has 36 heavy (non-hydrogen) atoms. The summed E-state index contributed by atoms with van der Waals surface area (Å²) in [7, 11) is -4.84. The lowest BCUT2D eigenvalue weighted by Gasteiger charge is -2.38. The van der Waals surface area contributed by atoms with E-state index in [9.17, 15) is 31.2 Å². The van der Waals surface area contributed by atoms with Crippen LogP contribution in [-0.2, 0) is 21.4 Å². The van der Waals surface area contributed by atoms with Crippen LogP contribution in [0.5, 0.6) is 11.5 Å². The first kappa shape index (κ1) is 25.9. The first-order valence-electron chi connectivity index (χ1n) is 11.2. The number of methoxy groups -OCH3 is 1. The largest absolute Gasteiger partial charge is 0.534 e. The zero-order chi connectivity index (χ0) is 26.4. The number of benzene rings is 1. The molecule has 1 aromatic heterocycles. The van der Waals surface area contributed by atoms with Crippen LogP contribution in [0.2, 0.25) is 0 Å². The van der Waals surface area contributed by atoms with Gasteiger partial charge in [0.2, 0.25) is 0 Å². The SMILES string of the molecule is COC(=O)c1cn2c(cc1=O)-c1cc(OS(=O)(=O)C(F)(F)F)c(OCCC3CC3)cc1CN2C(C)C. The third-order valence-electron chi connectivity index (χ3n) is 6.05. The van der Waals surface area contributed by atoms with Crippen molar-refractivity contribution in [2.24, 2.45) is 5.92 Å². The number of nitrogens with zero attached hydrogens (tertiary/aromatic N) is 2. The second-order valence-corrected chi connectivity index (χ2v) is 10.5. The number of halogens is 3. The van der Waals surface area contributed by atoms with Crippen molar-refractivity contribution >= 4 is 16.1 Å². The lowest BCUT2D eigenvalue weighted by Crippen LogP contribution is -2.44. The van der Waals surface area contributed by atoms with E-state index < -0.39 is 32.8 Å². The molecule has 2 heterocycles. The van der Waals surface area contributed by atoms with Gasteiger partial charge in [-0.2, -0.15) is 21.6 Å². The molecule has 0 spiro atoms. The second kappa shape index (κ2) is 9.34. The van der Waals surface area contributed by atoms with E-state index in [0.29, 0.717) is 17.9 Å². The fourth-order valence-electron chi connectivity index (χ4n) is 3.94. The number of hydrogen-bond acceptors (Lipinski definition) is 8. The van der Waals surface area contributed by atoms with E-state index >= 15 is 0 Å². The number of carbonyl (C=O) groups is 1. The molecular formula is C23H25F3N2O7S. The third-order valence-corrected chi connectivity index (χ3v) is 7.02. The molecule has 0 unspecified atom stereocenters. The Hall–Kier alpha value is -3.22. The maximum atomic E-state index is 13.1. The number of carbonyl (C=O) groups excluding carboxylic acids is 1. The second-order valence-electron chi connectivity index (χ2n) is 8.98. The van der Waals surface area contributed by atoms with Crippen LogP contribution < -0.4 is 19.4 Å². The fourth-order valence-corrected chi connectivity index (χ4v) is 4.40. The van der Waals surface area contributed by atoms with Crippen molar-refractivity contribution < 1.29 is 40.0 Å². The average molecular weight is 531 g/mol. The Balaban J connectivity index is 1.86. The number of rotatable bonds is 8. The van der Waals surface area contributed by atoms with Crippen LogP contribution in [-0.4, -0.2) is 44.3 Å². The van der Waals surface area contributed by atoms with Gasteiger partial charge in [0.15, 0.2) is 16.9 Å². The highest BCUT2D eigenvalue weighted by Crippen LogP contribution is 2.41. The highest BCUT2D eigenvalue weighted by Gasteiger charge is 2.49. The van der Waals surface area contributed by atoms with E-state index in [1.54, 1.807) is 0 Å². The van der Waals surface area contributed by atoms with Crippen LogP contribution in [0.3, 0.4) is 0 Å². The van der Waals surface area contributed by atoms with E-state index in [0.717, 1.165) is 32.1 Å². The normalized spacial score (nSPS) is 15.4. The molecule has 1 fully saturated rings. The summed E-state index contributed by atoms with van der Waals surface area (Å²) in [6.07, 6.45) is 4.05. The molecule has 0 N–H and O–H groups in total. The number of alkyl halides is 3. The molecule has 0 bridgehead atoms. The summed E-state index contributed by atoms with van der Waals surface area (Å²) in [5.74, 6) is -1.15. The Morgan fingerprint density at radius 1 is 1.17 bits per heavy atom. The first-order chi connectivity index (χ1) is 16.8. The van der Waals surface area contributed by atoms with Crippen LogP contribution in [0.25, 0.3) is 11.3 Å². The minimum atomic E-state index is -5.98. The maximum absolute atomic E-state index is 13.1. The summed E-state index contributed by atoms with van der Waals surface area (Å²) in [6.45, 7) is 4.17. The Bertz CT molecular complexity index is 1350. The number of hydrogen-bond donors (Lipinski definition) is 0. The third kappa shape index (κ3) is 5.01. The molecule has 1 aliphatic carbocycles. The minimum absolute atomic E-state index is 0.120. The molecule has 0 atom stereocenters. The summed E-state index contributed by atoms with van der Waals surface area (Å²) in [4.78, 5) is 24.7. The molecule has 2 aliphatic rings. The zero-order valence-corrected chi connectivity index (χ0v) is 20.6. The Morgan fingerprint density at radius 2 is 1.86 bits per heavy atom. The van der Waals surface area contributed by atoms with Gasteiger partial charge in [0.25, 0.3) is 0 Å². The summed E-state index contributed by atoms with van der Waals surface area (Å²) in [6, 6.07) is 3.58. The molecule has 0 radical (unpaired) electrons. The lowest BCUT2D eigenvalue weighted by molar-refractivity contribution is -0.0500. The van der Waals surface area contributed by atoms with Gasteiger partial charge in [0.05, 0.1) is 26.0 Å². The number of aromatic nitrogens is 1. The molecule has 4 rings (SSSR count). The monoisotopic (exact) mass is 530 g/mol. The van der Waals surface area contributed by atoms with Crippen molar-refractivity contribution in [3.05, 3.63) is 45.7 Å². The van der Waals surface area contributed by atoms with Crippen molar-refractivity contribution in [1.82, 2.24) is 4.68 Å². The zero-order valence-electron chi connectivity index (χ0n) is 19.8. The van der Waals surface area contributed by atoms with Gasteiger partial charge >= 0.3 is 21.6 Å².